The van der Waals surface area contributed by atoms with Crippen LogP contribution in [0.4, 0.5) is 0 Å². The van der Waals surface area contributed by atoms with Gasteiger partial charge in [0.05, 0.1) is 5.54 Å². The lowest BCUT2D eigenvalue weighted by molar-refractivity contribution is -0.116. The zero-order chi connectivity index (χ0) is 16.4. The number of hydrogen-bond donors (Lipinski definition) is 2. The van der Waals surface area contributed by atoms with Gasteiger partial charge in [-0.05, 0) is 54.7 Å². The number of fused-ring (bicyclic) bond motifs is 1. The fourth-order valence-corrected chi connectivity index (χ4v) is 3.12. The van der Waals surface area contributed by atoms with Crippen LogP contribution in [0.2, 0.25) is 0 Å². The molecule has 0 saturated carbocycles. The molecule has 23 heavy (non-hydrogen) atoms. The summed E-state index contributed by atoms with van der Waals surface area (Å²) in [5.41, 5.74) is 8.70. The highest BCUT2D eigenvalue weighted by molar-refractivity contribution is 6.04. The van der Waals surface area contributed by atoms with Crippen molar-refractivity contribution < 1.29 is 4.79 Å². The molecule has 120 valence electrons. The van der Waals surface area contributed by atoms with Crippen LogP contribution in [-0.4, -0.2) is 11.4 Å². The second kappa shape index (κ2) is 6.17. The minimum atomic E-state index is -0.365. The summed E-state index contributed by atoms with van der Waals surface area (Å²) in [5.74, 6) is -0.0376. The van der Waals surface area contributed by atoms with Gasteiger partial charge in [-0.15, -0.1) is 0 Å². The average Bonchev–Trinajstić information content (AvgIpc) is 2.80. The van der Waals surface area contributed by atoms with E-state index in [4.69, 9.17) is 0 Å². The zero-order valence-corrected chi connectivity index (χ0v) is 14.1. The topological polar surface area (TPSA) is 41.1 Å². The molecule has 0 spiro atoms. The first kappa shape index (κ1) is 15.8. The Morgan fingerprint density at radius 1 is 1.13 bits per heavy atom. The van der Waals surface area contributed by atoms with E-state index in [1.807, 2.05) is 13.8 Å². The smallest absolute Gasteiger partial charge is 0.263 e. The summed E-state index contributed by atoms with van der Waals surface area (Å²) in [7, 11) is 0. The molecular formula is C20H24N2O. The van der Waals surface area contributed by atoms with Gasteiger partial charge in [0.25, 0.3) is 5.91 Å². The summed E-state index contributed by atoms with van der Waals surface area (Å²) >= 11 is 0. The molecule has 2 aromatic rings. The molecular weight excluding hydrogens is 284 g/mol. The molecule has 1 heterocycles. The predicted octanol–water partition coefficient (Wildman–Crippen LogP) is 3.98. The van der Waals surface area contributed by atoms with E-state index in [9.17, 15) is 4.79 Å². The van der Waals surface area contributed by atoms with Gasteiger partial charge in [0.1, 0.15) is 0 Å². The molecule has 0 aromatic heterocycles. The van der Waals surface area contributed by atoms with Crippen LogP contribution in [0.25, 0.3) is 16.8 Å². The molecule has 3 nitrogen and oxygen atoms in total. The Labute approximate surface area is 137 Å². The van der Waals surface area contributed by atoms with E-state index in [0.29, 0.717) is 0 Å². The molecule has 2 N–H and O–H groups in total. The highest BCUT2D eigenvalue weighted by Crippen LogP contribution is 2.30. The maximum atomic E-state index is 12.2. The standard InChI is InChI=1S/C20H24N2O/c1-4-5-8-15-12-11-14-9-6-7-10-16(14)17(15)13-18-19(23)21-22-20(18,2)3/h6-7,9-13,22H,4-5,8H2,1-3H3,(H,21,23)/b18-13+. The Morgan fingerprint density at radius 3 is 2.61 bits per heavy atom. The molecule has 2 aromatic carbocycles. The first-order chi connectivity index (χ1) is 11.0. The molecule has 1 aliphatic rings. The van der Waals surface area contributed by atoms with Crippen molar-refractivity contribution in [1.29, 1.82) is 0 Å². The van der Waals surface area contributed by atoms with Crippen molar-refractivity contribution in [2.24, 2.45) is 0 Å². The lowest BCUT2D eigenvalue weighted by Gasteiger charge is -2.18. The summed E-state index contributed by atoms with van der Waals surface area (Å²) in [5, 5.41) is 2.42. The third-order valence-corrected chi connectivity index (χ3v) is 4.56. The summed E-state index contributed by atoms with van der Waals surface area (Å²) in [6.45, 7) is 6.25. The van der Waals surface area contributed by atoms with Gasteiger partial charge in [0.2, 0.25) is 0 Å². The lowest BCUT2D eigenvalue weighted by atomic mass is 9.89. The Hall–Kier alpha value is -2.13. The number of unbranched alkanes of at least 4 members (excludes halogenated alkanes) is 1. The SMILES string of the molecule is CCCCc1ccc2ccccc2c1/C=C1\C(=O)NNC1(C)C. The van der Waals surface area contributed by atoms with E-state index in [1.165, 1.54) is 21.9 Å². The van der Waals surface area contributed by atoms with Crippen molar-refractivity contribution in [3.8, 4) is 0 Å². The normalized spacial score (nSPS) is 18.6. The van der Waals surface area contributed by atoms with Crippen LogP contribution in [0.5, 0.6) is 0 Å². The first-order valence-corrected chi connectivity index (χ1v) is 8.33. The Balaban J connectivity index is 2.19. The van der Waals surface area contributed by atoms with Crippen LogP contribution in [0.15, 0.2) is 42.0 Å². The van der Waals surface area contributed by atoms with Crippen LogP contribution in [0.1, 0.15) is 44.7 Å². The molecule has 0 bridgehead atoms. The van der Waals surface area contributed by atoms with E-state index in [-0.39, 0.29) is 11.4 Å². The highest BCUT2D eigenvalue weighted by Gasteiger charge is 2.35. The number of nitrogens with one attached hydrogen (secondary N) is 2. The van der Waals surface area contributed by atoms with Crippen LogP contribution >= 0.6 is 0 Å². The minimum absolute atomic E-state index is 0.0376. The quantitative estimate of drug-likeness (QED) is 0.839. The maximum Gasteiger partial charge on any atom is 0.263 e. The molecule has 3 rings (SSSR count). The third kappa shape index (κ3) is 3.02. The lowest BCUT2D eigenvalue weighted by Crippen LogP contribution is -2.38. The zero-order valence-electron chi connectivity index (χ0n) is 14.1. The second-order valence-electron chi connectivity index (χ2n) is 6.73. The van der Waals surface area contributed by atoms with E-state index in [1.54, 1.807) is 0 Å². The van der Waals surface area contributed by atoms with Crippen LogP contribution in [-0.2, 0) is 11.2 Å². The number of hydrogen-bond acceptors (Lipinski definition) is 2. The van der Waals surface area contributed by atoms with Crippen molar-refractivity contribution in [3.05, 3.63) is 53.1 Å². The Bertz CT molecular complexity index is 774. The van der Waals surface area contributed by atoms with Gasteiger partial charge in [0.15, 0.2) is 0 Å². The van der Waals surface area contributed by atoms with Crippen molar-refractivity contribution in [2.75, 3.05) is 0 Å². The number of benzene rings is 2. The van der Waals surface area contributed by atoms with Crippen molar-refractivity contribution >= 4 is 22.8 Å². The molecule has 1 saturated heterocycles. The number of amides is 1. The van der Waals surface area contributed by atoms with Gasteiger partial charge in [-0.2, -0.15) is 0 Å². The number of carbonyl (C=O) groups is 1. The summed E-state index contributed by atoms with van der Waals surface area (Å²) in [6.07, 6.45) is 5.43. The van der Waals surface area contributed by atoms with E-state index >= 15 is 0 Å². The molecule has 3 heteroatoms. The van der Waals surface area contributed by atoms with E-state index in [2.05, 4.69) is 60.2 Å². The van der Waals surface area contributed by atoms with E-state index < -0.39 is 0 Å². The summed E-state index contributed by atoms with van der Waals surface area (Å²) in [4.78, 5) is 12.2. The van der Waals surface area contributed by atoms with Crippen molar-refractivity contribution in [3.63, 3.8) is 0 Å². The summed E-state index contributed by atoms with van der Waals surface area (Å²) in [6, 6.07) is 12.8. The van der Waals surface area contributed by atoms with Crippen LogP contribution in [0, 0.1) is 0 Å². The maximum absolute atomic E-state index is 12.2. The van der Waals surface area contributed by atoms with Gasteiger partial charge >= 0.3 is 0 Å². The number of carbonyl (C=O) groups excluding carboxylic acids is 1. The Kier molecular flexibility index (Phi) is 4.22. The van der Waals surface area contributed by atoms with E-state index in [0.717, 1.165) is 24.8 Å². The number of aryl methyl sites for hydroxylation is 1. The van der Waals surface area contributed by atoms with Gasteiger partial charge < -0.3 is 0 Å². The predicted molar refractivity (Wildman–Crippen MR) is 95.9 cm³/mol. The number of hydrazine groups is 1. The molecule has 0 aliphatic carbocycles. The molecule has 1 aliphatic heterocycles. The third-order valence-electron chi connectivity index (χ3n) is 4.56. The fraction of sp³-hybridized carbons (Fsp3) is 0.350. The van der Waals surface area contributed by atoms with Crippen molar-refractivity contribution in [1.82, 2.24) is 10.9 Å². The monoisotopic (exact) mass is 308 g/mol. The number of rotatable bonds is 4. The van der Waals surface area contributed by atoms with Crippen molar-refractivity contribution in [2.45, 2.75) is 45.6 Å². The van der Waals surface area contributed by atoms with Gasteiger partial charge in [-0.1, -0.05) is 49.7 Å². The minimum Gasteiger partial charge on any atom is -0.287 e. The van der Waals surface area contributed by atoms with Gasteiger partial charge in [0, 0.05) is 5.57 Å². The molecule has 1 fully saturated rings. The van der Waals surface area contributed by atoms with Crippen LogP contribution in [0.3, 0.4) is 0 Å². The van der Waals surface area contributed by atoms with Gasteiger partial charge in [-0.3, -0.25) is 10.2 Å². The second-order valence-corrected chi connectivity index (χ2v) is 6.73. The largest absolute Gasteiger partial charge is 0.287 e. The average molecular weight is 308 g/mol. The highest BCUT2D eigenvalue weighted by atomic mass is 16.2. The summed E-state index contributed by atoms with van der Waals surface area (Å²) < 4.78 is 0. The molecule has 0 atom stereocenters. The first-order valence-electron chi connectivity index (χ1n) is 8.33. The van der Waals surface area contributed by atoms with Crippen LogP contribution < -0.4 is 10.9 Å². The molecule has 1 amide bonds. The fourth-order valence-electron chi connectivity index (χ4n) is 3.12. The molecule has 0 radical (unpaired) electrons. The Morgan fingerprint density at radius 2 is 1.91 bits per heavy atom. The molecule has 0 unspecified atom stereocenters. The van der Waals surface area contributed by atoms with Gasteiger partial charge in [-0.25, -0.2) is 5.43 Å².